The van der Waals surface area contributed by atoms with Gasteiger partial charge in [-0.25, -0.2) is 4.39 Å². The van der Waals surface area contributed by atoms with Crippen LogP contribution in [0.2, 0.25) is 0 Å². The van der Waals surface area contributed by atoms with E-state index in [1.165, 1.54) is 12.1 Å². The van der Waals surface area contributed by atoms with E-state index in [0.29, 0.717) is 35.1 Å². The molecule has 0 aliphatic rings. The summed E-state index contributed by atoms with van der Waals surface area (Å²) in [5.74, 6) is 0.0157. The maximum Gasteiger partial charge on any atom is 0.274 e. The Balaban J connectivity index is 1.70. The van der Waals surface area contributed by atoms with Crippen LogP contribution in [0.15, 0.2) is 79.3 Å². The smallest absolute Gasteiger partial charge is 0.274 e. The molecule has 0 atom stereocenters. The molecule has 3 aromatic rings. The fourth-order valence-corrected chi connectivity index (χ4v) is 3.59. The lowest BCUT2D eigenvalue weighted by molar-refractivity contribution is 0.102. The number of nitrogen functional groups attached to an aromatic ring is 1. The number of hydrogen-bond donors (Lipinski definition) is 3. The number of rotatable bonds is 12. The fraction of sp³-hybridized carbons (Fsp3) is 0.259. The molecule has 35 heavy (non-hydrogen) atoms. The predicted molar refractivity (Wildman–Crippen MR) is 140 cm³/mol. The number of halogens is 1. The molecule has 0 aliphatic heterocycles. The van der Waals surface area contributed by atoms with Gasteiger partial charge in [0, 0.05) is 31.5 Å². The molecule has 0 saturated carbocycles. The number of carbonyl (C=O) groups excluding carboxylic acids is 1. The summed E-state index contributed by atoms with van der Waals surface area (Å²) >= 11 is 0. The van der Waals surface area contributed by atoms with Crippen LogP contribution in [0.5, 0.6) is 0 Å². The van der Waals surface area contributed by atoms with Gasteiger partial charge in [-0.3, -0.25) is 9.78 Å². The number of hydrogen-bond acceptors (Lipinski definition) is 6. The zero-order valence-corrected chi connectivity index (χ0v) is 20.3. The van der Waals surface area contributed by atoms with Gasteiger partial charge in [0.2, 0.25) is 0 Å². The highest BCUT2D eigenvalue weighted by atomic mass is 19.1. The first-order chi connectivity index (χ1) is 16.9. The first-order valence-corrected chi connectivity index (χ1v) is 11.7. The number of nitrogens with two attached hydrogens (primary N) is 1. The standard InChI is InChI=1S/C27H33FN6O/c1-4-33(5-2)15-16-34(20(3)31-23-10-8-9-22(28)17-23)19-21-13-14-26(30-18-21)27(35)32-25-12-7-6-11-24(25)29/h6-14,17-18,31H,3-5,15-16,19,29H2,1-2H3,(H,32,35). The van der Waals surface area contributed by atoms with Crippen molar-refractivity contribution < 1.29 is 9.18 Å². The minimum atomic E-state index is -0.329. The normalized spacial score (nSPS) is 10.7. The van der Waals surface area contributed by atoms with Crippen LogP contribution in [0.3, 0.4) is 0 Å². The molecular formula is C27H33FN6O. The molecule has 0 radical (unpaired) electrons. The second-order valence-corrected chi connectivity index (χ2v) is 8.12. The number of amides is 1. The van der Waals surface area contributed by atoms with Crippen molar-refractivity contribution in [3.8, 4) is 0 Å². The summed E-state index contributed by atoms with van der Waals surface area (Å²) in [4.78, 5) is 21.3. The Labute approximate surface area is 206 Å². The van der Waals surface area contributed by atoms with Crippen molar-refractivity contribution in [2.45, 2.75) is 20.4 Å². The molecular weight excluding hydrogens is 443 g/mol. The third kappa shape index (κ3) is 7.55. The number of pyridine rings is 1. The lowest BCUT2D eigenvalue weighted by Gasteiger charge is -2.30. The number of benzene rings is 2. The number of nitrogens with one attached hydrogen (secondary N) is 2. The van der Waals surface area contributed by atoms with Gasteiger partial charge in [-0.1, -0.05) is 44.7 Å². The van der Waals surface area contributed by atoms with Crippen molar-refractivity contribution in [3.05, 3.63) is 96.3 Å². The maximum absolute atomic E-state index is 13.6. The van der Waals surface area contributed by atoms with E-state index in [1.54, 1.807) is 48.7 Å². The predicted octanol–water partition coefficient (Wildman–Crippen LogP) is 4.78. The summed E-state index contributed by atoms with van der Waals surface area (Å²) in [6, 6.07) is 16.9. The van der Waals surface area contributed by atoms with E-state index >= 15 is 0 Å². The van der Waals surface area contributed by atoms with Crippen molar-refractivity contribution in [3.63, 3.8) is 0 Å². The van der Waals surface area contributed by atoms with Gasteiger partial charge >= 0.3 is 0 Å². The lowest BCUT2D eigenvalue weighted by Crippen LogP contribution is -2.36. The SMILES string of the molecule is C=C(Nc1cccc(F)c1)N(CCN(CC)CC)Cc1ccc(C(=O)Nc2ccccc2N)nc1. The molecule has 1 heterocycles. The number of nitrogens with zero attached hydrogens (tertiary/aromatic N) is 3. The Hall–Kier alpha value is -3.91. The monoisotopic (exact) mass is 476 g/mol. The Kier molecular flexibility index (Phi) is 9.20. The van der Waals surface area contributed by atoms with Crippen molar-refractivity contribution in [2.24, 2.45) is 0 Å². The van der Waals surface area contributed by atoms with Gasteiger partial charge < -0.3 is 26.2 Å². The highest BCUT2D eigenvalue weighted by molar-refractivity contribution is 6.04. The van der Waals surface area contributed by atoms with Crippen LogP contribution in [0.1, 0.15) is 29.9 Å². The highest BCUT2D eigenvalue weighted by Crippen LogP contribution is 2.18. The summed E-state index contributed by atoms with van der Waals surface area (Å²) in [6.45, 7) is 12.4. The Morgan fingerprint density at radius 2 is 1.80 bits per heavy atom. The molecule has 0 unspecified atom stereocenters. The van der Waals surface area contributed by atoms with Crippen LogP contribution in [-0.2, 0) is 6.54 Å². The van der Waals surface area contributed by atoms with Gasteiger partial charge in [0.25, 0.3) is 5.91 Å². The van der Waals surface area contributed by atoms with Crippen molar-refractivity contribution in [1.82, 2.24) is 14.8 Å². The molecule has 2 aromatic carbocycles. The number of carbonyl (C=O) groups is 1. The second-order valence-electron chi connectivity index (χ2n) is 8.12. The van der Waals surface area contributed by atoms with Crippen LogP contribution < -0.4 is 16.4 Å². The minimum absolute atomic E-state index is 0.295. The second kappa shape index (κ2) is 12.5. The van der Waals surface area contributed by atoms with E-state index < -0.39 is 0 Å². The molecule has 1 amide bonds. The molecule has 3 rings (SSSR count). The average molecular weight is 477 g/mol. The third-order valence-electron chi connectivity index (χ3n) is 5.72. The summed E-state index contributed by atoms with van der Waals surface area (Å²) < 4.78 is 13.6. The molecule has 0 fully saturated rings. The van der Waals surface area contributed by atoms with Crippen LogP contribution in [-0.4, -0.2) is 46.9 Å². The summed E-state index contributed by atoms with van der Waals surface area (Å²) in [6.07, 6.45) is 1.68. The molecule has 0 aliphatic carbocycles. The summed E-state index contributed by atoms with van der Waals surface area (Å²) in [5.41, 5.74) is 8.79. The molecule has 0 bridgehead atoms. The van der Waals surface area contributed by atoms with E-state index in [-0.39, 0.29) is 11.7 Å². The number of anilines is 3. The van der Waals surface area contributed by atoms with Gasteiger partial charge in [-0.05, 0) is 55.1 Å². The molecule has 0 saturated heterocycles. The van der Waals surface area contributed by atoms with Crippen LogP contribution in [0.25, 0.3) is 0 Å². The molecule has 7 nitrogen and oxygen atoms in total. The Bertz CT molecular complexity index is 1130. The molecule has 0 spiro atoms. The van der Waals surface area contributed by atoms with E-state index in [9.17, 15) is 9.18 Å². The first-order valence-electron chi connectivity index (χ1n) is 11.7. The molecule has 8 heteroatoms. The Morgan fingerprint density at radius 1 is 1.03 bits per heavy atom. The number of para-hydroxylation sites is 2. The van der Waals surface area contributed by atoms with Crippen LogP contribution in [0.4, 0.5) is 21.5 Å². The number of likely N-dealkylation sites (N-methyl/N-ethyl adjacent to an activating group) is 1. The maximum atomic E-state index is 13.6. The van der Waals surface area contributed by atoms with Gasteiger partial charge in [-0.2, -0.15) is 0 Å². The fourth-order valence-electron chi connectivity index (χ4n) is 3.59. The van der Waals surface area contributed by atoms with Crippen molar-refractivity contribution in [1.29, 1.82) is 0 Å². The van der Waals surface area contributed by atoms with Crippen LogP contribution in [0, 0.1) is 5.82 Å². The molecule has 1 aromatic heterocycles. The third-order valence-corrected chi connectivity index (χ3v) is 5.72. The van der Waals surface area contributed by atoms with Crippen LogP contribution >= 0.6 is 0 Å². The molecule has 184 valence electrons. The van der Waals surface area contributed by atoms with E-state index in [0.717, 1.165) is 31.7 Å². The highest BCUT2D eigenvalue weighted by Gasteiger charge is 2.14. The van der Waals surface area contributed by atoms with Gasteiger partial charge in [0.1, 0.15) is 11.5 Å². The molecule has 4 N–H and O–H groups in total. The average Bonchev–Trinajstić information content (AvgIpc) is 2.85. The van der Waals surface area contributed by atoms with E-state index in [2.05, 4.69) is 45.8 Å². The quantitative estimate of drug-likeness (QED) is 0.326. The number of aromatic nitrogens is 1. The van der Waals surface area contributed by atoms with Crippen molar-refractivity contribution in [2.75, 3.05) is 42.5 Å². The largest absolute Gasteiger partial charge is 0.397 e. The zero-order valence-electron chi connectivity index (χ0n) is 20.3. The van der Waals surface area contributed by atoms with Gasteiger partial charge in [0.05, 0.1) is 17.2 Å². The van der Waals surface area contributed by atoms with Gasteiger partial charge in [-0.15, -0.1) is 0 Å². The topological polar surface area (TPSA) is 86.5 Å². The summed E-state index contributed by atoms with van der Waals surface area (Å²) in [7, 11) is 0. The van der Waals surface area contributed by atoms with E-state index in [4.69, 9.17) is 5.73 Å². The van der Waals surface area contributed by atoms with Gasteiger partial charge in [0.15, 0.2) is 0 Å². The first kappa shape index (κ1) is 25.7. The minimum Gasteiger partial charge on any atom is -0.397 e. The Morgan fingerprint density at radius 3 is 2.46 bits per heavy atom. The lowest BCUT2D eigenvalue weighted by atomic mass is 10.2. The zero-order chi connectivity index (χ0) is 25.2. The summed E-state index contributed by atoms with van der Waals surface area (Å²) in [5, 5.41) is 5.99. The van der Waals surface area contributed by atoms with Crippen molar-refractivity contribution >= 4 is 23.0 Å². The van der Waals surface area contributed by atoms with E-state index in [1.807, 2.05) is 6.07 Å².